The lowest BCUT2D eigenvalue weighted by molar-refractivity contribution is 0.0521. The molecule has 0 aliphatic carbocycles. The average Bonchev–Trinajstić information content (AvgIpc) is 2.99. The maximum atomic E-state index is 12.3. The van der Waals surface area contributed by atoms with Gasteiger partial charge in [0.2, 0.25) is 0 Å². The van der Waals surface area contributed by atoms with E-state index in [1.807, 2.05) is 50.4 Å². The summed E-state index contributed by atoms with van der Waals surface area (Å²) in [5.74, 6) is 0.427. The van der Waals surface area contributed by atoms with Crippen molar-refractivity contribution in [2.45, 2.75) is 20.8 Å². The molecule has 7 heteroatoms. The summed E-state index contributed by atoms with van der Waals surface area (Å²) in [6.45, 7) is 6.39. The number of esters is 1. The van der Waals surface area contributed by atoms with Gasteiger partial charge >= 0.3 is 5.97 Å². The maximum Gasteiger partial charge on any atom is 0.360 e. The highest BCUT2D eigenvalue weighted by molar-refractivity contribution is 5.93. The Morgan fingerprint density at radius 2 is 1.92 bits per heavy atom. The first-order valence-corrected chi connectivity index (χ1v) is 8.43. The zero-order chi connectivity index (χ0) is 18.5. The van der Waals surface area contributed by atoms with Crippen LogP contribution in [-0.4, -0.2) is 28.6 Å². The van der Waals surface area contributed by atoms with Gasteiger partial charge in [-0.25, -0.2) is 9.78 Å². The third kappa shape index (κ3) is 3.56. The lowest BCUT2D eigenvalue weighted by Gasteiger charge is -2.05. The first kappa shape index (κ1) is 17.6. The molecule has 3 rings (SSSR count). The van der Waals surface area contributed by atoms with E-state index in [4.69, 9.17) is 9.47 Å². The molecule has 0 aliphatic rings. The largest absolute Gasteiger partial charge is 0.492 e. The van der Waals surface area contributed by atoms with E-state index in [2.05, 4.69) is 15.2 Å². The average molecular weight is 352 g/mol. The van der Waals surface area contributed by atoms with Crippen LogP contribution in [0.2, 0.25) is 0 Å². The van der Waals surface area contributed by atoms with Crippen LogP contribution in [0, 0.1) is 6.92 Å². The Morgan fingerprint density at radius 1 is 1.12 bits per heavy atom. The second kappa shape index (κ2) is 7.77. The van der Waals surface area contributed by atoms with Crippen LogP contribution in [0.25, 0.3) is 5.65 Å². The second-order valence-corrected chi connectivity index (χ2v) is 5.54. The van der Waals surface area contributed by atoms with Crippen LogP contribution >= 0.6 is 0 Å². The van der Waals surface area contributed by atoms with Crippen molar-refractivity contribution in [1.82, 2.24) is 9.38 Å². The number of imidazole rings is 1. The number of azo groups is 1. The van der Waals surface area contributed by atoms with Crippen molar-refractivity contribution in [1.29, 1.82) is 0 Å². The molecule has 7 nitrogen and oxygen atoms in total. The van der Waals surface area contributed by atoms with Gasteiger partial charge in [-0.2, -0.15) is 0 Å². The van der Waals surface area contributed by atoms with E-state index in [1.54, 1.807) is 17.4 Å². The van der Waals surface area contributed by atoms with Gasteiger partial charge in [-0.05, 0) is 44.5 Å². The van der Waals surface area contributed by atoms with E-state index in [0.29, 0.717) is 29.5 Å². The van der Waals surface area contributed by atoms with Crippen molar-refractivity contribution >= 4 is 23.1 Å². The highest BCUT2D eigenvalue weighted by Crippen LogP contribution is 2.30. The monoisotopic (exact) mass is 352 g/mol. The molecule has 0 spiro atoms. The van der Waals surface area contributed by atoms with Crippen LogP contribution in [0.15, 0.2) is 52.8 Å². The number of ether oxygens (including phenoxy) is 2. The number of aromatic nitrogens is 2. The van der Waals surface area contributed by atoms with Gasteiger partial charge in [-0.3, -0.25) is 4.40 Å². The number of nitrogens with zero attached hydrogens (tertiary/aromatic N) is 4. The smallest absolute Gasteiger partial charge is 0.360 e. The van der Waals surface area contributed by atoms with Crippen molar-refractivity contribution < 1.29 is 14.3 Å². The SMILES string of the molecule is CCOC(=O)c1nc2ccc(C)cn2c1N=Nc1ccccc1OCC. The molecule has 0 aliphatic heterocycles. The Kier molecular flexibility index (Phi) is 5.26. The third-order valence-electron chi connectivity index (χ3n) is 3.63. The molecule has 2 heterocycles. The predicted octanol–water partition coefficient (Wildman–Crippen LogP) is 4.63. The van der Waals surface area contributed by atoms with E-state index in [9.17, 15) is 4.79 Å². The zero-order valence-corrected chi connectivity index (χ0v) is 15.0. The number of aryl methyl sites for hydroxylation is 1. The molecule has 0 saturated carbocycles. The van der Waals surface area contributed by atoms with E-state index < -0.39 is 5.97 Å². The quantitative estimate of drug-likeness (QED) is 0.478. The van der Waals surface area contributed by atoms with Crippen LogP contribution in [0.3, 0.4) is 0 Å². The van der Waals surface area contributed by atoms with Gasteiger partial charge in [-0.1, -0.05) is 18.2 Å². The van der Waals surface area contributed by atoms with Crippen LogP contribution in [0.5, 0.6) is 5.75 Å². The Hall–Kier alpha value is -3.22. The lowest BCUT2D eigenvalue weighted by atomic mass is 10.3. The normalized spacial score (nSPS) is 11.2. The predicted molar refractivity (Wildman–Crippen MR) is 97.7 cm³/mol. The van der Waals surface area contributed by atoms with Gasteiger partial charge in [0.25, 0.3) is 0 Å². The van der Waals surface area contributed by atoms with E-state index in [0.717, 1.165) is 5.56 Å². The molecule has 0 radical (unpaired) electrons. The fourth-order valence-electron chi connectivity index (χ4n) is 2.49. The summed E-state index contributed by atoms with van der Waals surface area (Å²) in [7, 11) is 0. The minimum atomic E-state index is -0.527. The Labute approximate surface area is 151 Å². The third-order valence-corrected chi connectivity index (χ3v) is 3.63. The number of rotatable bonds is 6. The van der Waals surface area contributed by atoms with E-state index in [-0.39, 0.29) is 12.3 Å². The summed E-state index contributed by atoms with van der Waals surface area (Å²) in [5.41, 5.74) is 2.32. The van der Waals surface area contributed by atoms with Crippen molar-refractivity contribution in [2.24, 2.45) is 10.2 Å². The fraction of sp³-hybridized carbons (Fsp3) is 0.263. The Bertz CT molecular complexity index is 963. The Morgan fingerprint density at radius 3 is 2.69 bits per heavy atom. The number of fused-ring (bicyclic) bond motifs is 1. The topological polar surface area (TPSA) is 77.5 Å². The molecule has 0 atom stereocenters. The maximum absolute atomic E-state index is 12.3. The number of pyridine rings is 1. The molecule has 0 saturated heterocycles. The molecule has 0 amide bonds. The van der Waals surface area contributed by atoms with Crippen LogP contribution in [-0.2, 0) is 4.74 Å². The minimum Gasteiger partial charge on any atom is -0.492 e. The first-order valence-electron chi connectivity index (χ1n) is 8.43. The number of carbonyl (C=O) groups is 1. The zero-order valence-electron chi connectivity index (χ0n) is 15.0. The summed E-state index contributed by atoms with van der Waals surface area (Å²) in [6, 6.07) is 11.1. The molecule has 0 N–H and O–H groups in total. The van der Waals surface area contributed by atoms with Gasteiger partial charge in [0.1, 0.15) is 17.1 Å². The summed E-state index contributed by atoms with van der Waals surface area (Å²) in [4.78, 5) is 16.6. The number of hydrogen-bond donors (Lipinski definition) is 0. The van der Waals surface area contributed by atoms with Crippen molar-refractivity contribution in [3.05, 3.63) is 53.9 Å². The molecule has 0 unspecified atom stereocenters. The second-order valence-electron chi connectivity index (χ2n) is 5.54. The standard InChI is InChI=1S/C19H20N4O3/c1-4-25-15-9-7-6-8-14(15)21-22-18-17(19(24)26-5-2)20-16-11-10-13(3)12-23(16)18/h6-12H,4-5H2,1-3H3. The van der Waals surface area contributed by atoms with Gasteiger partial charge in [-0.15, -0.1) is 10.2 Å². The summed E-state index contributed by atoms with van der Waals surface area (Å²) < 4.78 is 12.4. The number of benzene rings is 1. The van der Waals surface area contributed by atoms with Crippen molar-refractivity contribution in [2.75, 3.05) is 13.2 Å². The summed E-state index contributed by atoms with van der Waals surface area (Å²) in [6.07, 6.45) is 1.86. The Balaban J connectivity index is 2.09. The molecule has 3 aromatic rings. The van der Waals surface area contributed by atoms with Crippen LogP contribution < -0.4 is 4.74 Å². The number of carbonyl (C=O) groups excluding carboxylic acids is 1. The van der Waals surface area contributed by atoms with Crippen molar-refractivity contribution in [3.8, 4) is 5.75 Å². The number of para-hydroxylation sites is 1. The van der Waals surface area contributed by atoms with Gasteiger partial charge < -0.3 is 9.47 Å². The molecular formula is C19H20N4O3. The minimum absolute atomic E-state index is 0.134. The molecule has 0 bridgehead atoms. The van der Waals surface area contributed by atoms with E-state index in [1.165, 1.54) is 0 Å². The molecule has 1 aromatic carbocycles. The van der Waals surface area contributed by atoms with Crippen LogP contribution in [0.4, 0.5) is 11.5 Å². The first-order chi connectivity index (χ1) is 12.6. The highest BCUT2D eigenvalue weighted by atomic mass is 16.5. The molecule has 0 fully saturated rings. The van der Waals surface area contributed by atoms with E-state index >= 15 is 0 Å². The molecule has 134 valence electrons. The lowest BCUT2D eigenvalue weighted by Crippen LogP contribution is -2.05. The summed E-state index contributed by atoms with van der Waals surface area (Å²) >= 11 is 0. The molecule has 2 aromatic heterocycles. The number of hydrogen-bond acceptors (Lipinski definition) is 6. The highest BCUT2D eigenvalue weighted by Gasteiger charge is 2.20. The summed E-state index contributed by atoms with van der Waals surface area (Å²) in [5, 5.41) is 8.58. The fourth-order valence-corrected chi connectivity index (χ4v) is 2.49. The van der Waals surface area contributed by atoms with Gasteiger partial charge in [0.05, 0.1) is 13.2 Å². The van der Waals surface area contributed by atoms with Gasteiger partial charge in [0, 0.05) is 6.20 Å². The molecular weight excluding hydrogens is 332 g/mol. The van der Waals surface area contributed by atoms with Crippen molar-refractivity contribution in [3.63, 3.8) is 0 Å². The van der Waals surface area contributed by atoms with Gasteiger partial charge in [0.15, 0.2) is 11.5 Å². The molecule has 26 heavy (non-hydrogen) atoms. The van der Waals surface area contributed by atoms with Crippen LogP contribution in [0.1, 0.15) is 29.9 Å².